The van der Waals surface area contributed by atoms with E-state index in [-0.39, 0.29) is 17.6 Å². The average molecular weight is 298 g/mol. The Morgan fingerprint density at radius 3 is 2.81 bits per heavy atom. The number of carbonyl (C=O) groups excluding carboxylic acids is 1. The Balaban J connectivity index is 2.11. The van der Waals surface area contributed by atoms with E-state index in [1.807, 2.05) is 6.92 Å². The van der Waals surface area contributed by atoms with Crippen molar-refractivity contribution in [2.45, 2.75) is 38.0 Å². The zero-order valence-electron chi connectivity index (χ0n) is 11.7. The van der Waals surface area contributed by atoms with Gasteiger partial charge in [0, 0.05) is 19.1 Å². The van der Waals surface area contributed by atoms with Gasteiger partial charge in [0.05, 0.1) is 17.2 Å². The van der Waals surface area contributed by atoms with Crippen molar-refractivity contribution in [2.24, 2.45) is 0 Å². The summed E-state index contributed by atoms with van der Waals surface area (Å²) in [5, 5.41) is 3.34. The number of hydrogen-bond acceptors (Lipinski definition) is 2. The number of fused-ring (bicyclic) bond motifs is 3. The number of nitrogens with one attached hydrogen (secondary N) is 1. The van der Waals surface area contributed by atoms with E-state index < -0.39 is 17.6 Å². The van der Waals surface area contributed by atoms with Crippen molar-refractivity contribution < 1.29 is 18.0 Å². The minimum atomic E-state index is -4.50. The molecule has 0 unspecified atom stereocenters. The van der Waals surface area contributed by atoms with Gasteiger partial charge in [-0.3, -0.25) is 4.79 Å². The molecule has 1 N–H and O–H groups in total. The molecule has 3 rings (SSSR count). The van der Waals surface area contributed by atoms with E-state index in [0.717, 1.165) is 18.9 Å². The number of nitrogens with zero attached hydrogens (tertiary/aromatic N) is 1. The van der Waals surface area contributed by atoms with Gasteiger partial charge in [-0.25, -0.2) is 0 Å². The second-order valence-electron chi connectivity index (χ2n) is 5.56. The molecule has 1 saturated heterocycles. The van der Waals surface area contributed by atoms with Gasteiger partial charge in [-0.2, -0.15) is 13.2 Å². The number of hydrogen-bond donors (Lipinski definition) is 1. The number of halogens is 3. The molecule has 0 bridgehead atoms. The predicted octanol–water partition coefficient (Wildman–Crippen LogP) is 2.97. The molecular weight excluding hydrogens is 281 g/mol. The molecule has 2 atom stereocenters. The zero-order chi connectivity index (χ0) is 15.2. The van der Waals surface area contributed by atoms with Crippen LogP contribution in [0.5, 0.6) is 0 Å². The monoisotopic (exact) mass is 298 g/mol. The summed E-state index contributed by atoms with van der Waals surface area (Å²) in [5.41, 5.74) is -0.449. The highest BCUT2D eigenvalue weighted by Crippen LogP contribution is 2.43. The smallest absolute Gasteiger partial charge is 0.329 e. The van der Waals surface area contributed by atoms with Crippen LogP contribution in [0, 0.1) is 0 Å². The lowest BCUT2D eigenvalue weighted by Crippen LogP contribution is -2.51. The first kappa shape index (κ1) is 14.4. The van der Waals surface area contributed by atoms with Crippen molar-refractivity contribution in [1.29, 1.82) is 0 Å². The lowest BCUT2D eigenvalue weighted by molar-refractivity contribution is -0.137. The lowest BCUT2D eigenvalue weighted by atomic mass is 9.92. The summed E-state index contributed by atoms with van der Waals surface area (Å²) in [5.74, 6) is -0.481. The van der Waals surface area contributed by atoms with Crippen LogP contribution in [0.25, 0.3) is 0 Å². The molecular formula is C15H17F3N2O. The third-order valence-corrected chi connectivity index (χ3v) is 4.27. The summed E-state index contributed by atoms with van der Waals surface area (Å²) in [6.07, 6.45) is -2.74. The van der Waals surface area contributed by atoms with E-state index in [4.69, 9.17) is 0 Å². The van der Waals surface area contributed by atoms with Crippen molar-refractivity contribution in [2.75, 3.05) is 13.1 Å². The van der Waals surface area contributed by atoms with Crippen molar-refractivity contribution in [1.82, 2.24) is 10.2 Å². The number of benzene rings is 1. The van der Waals surface area contributed by atoms with Gasteiger partial charge in [0.15, 0.2) is 0 Å². The largest absolute Gasteiger partial charge is 0.417 e. The van der Waals surface area contributed by atoms with Gasteiger partial charge >= 0.3 is 6.18 Å². The summed E-state index contributed by atoms with van der Waals surface area (Å²) in [6, 6.07) is 3.80. The molecule has 0 aliphatic carbocycles. The maximum Gasteiger partial charge on any atom is 0.417 e. The molecule has 2 aliphatic rings. The molecule has 1 aromatic carbocycles. The second kappa shape index (κ2) is 5.02. The van der Waals surface area contributed by atoms with Crippen LogP contribution in [-0.2, 0) is 6.18 Å². The Morgan fingerprint density at radius 1 is 1.38 bits per heavy atom. The van der Waals surface area contributed by atoms with E-state index in [1.165, 1.54) is 6.07 Å². The Hall–Kier alpha value is -1.56. The van der Waals surface area contributed by atoms with Crippen LogP contribution in [-0.4, -0.2) is 29.9 Å². The molecule has 1 aromatic rings. The van der Waals surface area contributed by atoms with E-state index in [0.29, 0.717) is 18.7 Å². The van der Waals surface area contributed by atoms with Gasteiger partial charge in [-0.1, -0.05) is 25.5 Å². The van der Waals surface area contributed by atoms with Gasteiger partial charge in [0.2, 0.25) is 0 Å². The van der Waals surface area contributed by atoms with Crippen LogP contribution < -0.4 is 5.32 Å². The van der Waals surface area contributed by atoms with Crippen LogP contribution in [0.4, 0.5) is 13.2 Å². The normalized spacial score (nSPS) is 25.0. The second-order valence-corrected chi connectivity index (χ2v) is 5.56. The third kappa shape index (κ3) is 2.21. The standard InChI is InChI=1S/C15H17F3N2O/c1-2-4-11-13-9-5-3-6-10(15(16,17)18)12(9)14(21)20(13)8-7-19-11/h3,5-6,11,13,19H,2,4,7-8H2,1H3/t11-,13+/m1/s1. The summed E-state index contributed by atoms with van der Waals surface area (Å²) < 4.78 is 39.5. The average Bonchev–Trinajstić information content (AvgIpc) is 2.73. The molecule has 0 aromatic heterocycles. The van der Waals surface area contributed by atoms with Crippen LogP contribution >= 0.6 is 0 Å². The number of alkyl halides is 3. The van der Waals surface area contributed by atoms with Crippen molar-refractivity contribution in [3.63, 3.8) is 0 Å². The van der Waals surface area contributed by atoms with Gasteiger partial charge in [-0.05, 0) is 18.1 Å². The fraction of sp³-hybridized carbons (Fsp3) is 0.533. The van der Waals surface area contributed by atoms with E-state index in [1.54, 1.807) is 11.0 Å². The van der Waals surface area contributed by atoms with Crippen LogP contribution in [0.1, 0.15) is 47.3 Å². The highest BCUT2D eigenvalue weighted by atomic mass is 19.4. The lowest BCUT2D eigenvalue weighted by Gasteiger charge is -2.38. The summed E-state index contributed by atoms with van der Waals surface area (Å²) in [4.78, 5) is 14.0. The molecule has 2 aliphatic heterocycles. The van der Waals surface area contributed by atoms with Crippen molar-refractivity contribution >= 4 is 5.91 Å². The first-order valence-electron chi connectivity index (χ1n) is 7.19. The predicted molar refractivity (Wildman–Crippen MR) is 71.9 cm³/mol. The van der Waals surface area contributed by atoms with Gasteiger partial charge in [-0.15, -0.1) is 0 Å². The molecule has 6 heteroatoms. The van der Waals surface area contributed by atoms with Gasteiger partial charge < -0.3 is 10.2 Å². The quantitative estimate of drug-likeness (QED) is 0.910. The topological polar surface area (TPSA) is 32.3 Å². The van der Waals surface area contributed by atoms with Crippen LogP contribution in [0.3, 0.4) is 0 Å². The third-order valence-electron chi connectivity index (χ3n) is 4.27. The summed E-state index contributed by atoms with van der Waals surface area (Å²) in [7, 11) is 0. The van der Waals surface area contributed by atoms with Gasteiger partial charge in [0.1, 0.15) is 0 Å². The van der Waals surface area contributed by atoms with Crippen LogP contribution in [0.15, 0.2) is 18.2 Å². The molecule has 1 amide bonds. The maximum atomic E-state index is 13.2. The fourth-order valence-electron chi connectivity index (χ4n) is 3.46. The summed E-state index contributed by atoms with van der Waals surface area (Å²) >= 11 is 0. The van der Waals surface area contributed by atoms with Crippen molar-refractivity contribution in [3.05, 3.63) is 34.9 Å². The van der Waals surface area contributed by atoms with Crippen molar-refractivity contribution in [3.8, 4) is 0 Å². The van der Waals surface area contributed by atoms with E-state index in [2.05, 4.69) is 5.32 Å². The maximum absolute atomic E-state index is 13.2. The minimum absolute atomic E-state index is 0.0254. The molecule has 0 spiro atoms. The molecule has 114 valence electrons. The van der Waals surface area contributed by atoms with E-state index in [9.17, 15) is 18.0 Å². The molecule has 0 saturated carbocycles. The number of amides is 1. The Labute approximate surface area is 121 Å². The van der Waals surface area contributed by atoms with Gasteiger partial charge in [0.25, 0.3) is 5.91 Å². The Bertz CT molecular complexity index is 569. The first-order chi connectivity index (χ1) is 9.95. The summed E-state index contributed by atoms with van der Waals surface area (Å²) in [6.45, 7) is 3.11. The molecule has 0 radical (unpaired) electrons. The molecule has 3 nitrogen and oxygen atoms in total. The molecule has 1 fully saturated rings. The molecule has 21 heavy (non-hydrogen) atoms. The highest BCUT2D eigenvalue weighted by molar-refractivity contribution is 6.01. The van der Waals surface area contributed by atoms with Crippen LogP contribution in [0.2, 0.25) is 0 Å². The number of rotatable bonds is 2. The highest BCUT2D eigenvalue weighted by Gasteiger charge is 2.47. The first-order valence-corrected chi connectivity index (χ1v) is 7.19. The zero-order valence-corrected chi connectivity index (χ0v) is 11.7. The Kier molecular flexibility index (Phi) is 3.43. The van der Waals surface area contributed by atoms with E-state index >= 15 is 0 Å². The number of carbonyl (C=O) groups is 1. The minimum Gasteiger partial charge on any atom is -0.329 e. The molecule has 2 heterocycles. The SMILES string of the molecule is CCC[C@H]1NCCN2C(=O)c3c(cccc3C(F)(F)F)[C@@H]12. The Morgan fingerprint density at radius 2 is 2.14 bits per heavy atom. The fourth-order valence-corrected chi connectivity index (χ4v) is 3.46. The number of piperazine rings is 1.